The minimum absolute atomic E-state index is 0.246. The van der Waals surface area contributed by atoms with Gasteiger partial charge in [-0.1, -0.05) is 70.8 Å². The molecular formula is C60H60F18IO2P3S2. The van der Waals surface area contributed by atoms with Crippen LogP contribution in [0.3, 0.4) is 0 Å². The first kappa shape index (κ1) is 71.6. The van der Waals surface area contributed by atoms with Gasteiger partial charge in [0, 0.05) is 44.5 Å². The van der Waals surface area contributed by atoms with E-state index < -0.39 is 23.4 Å². The van der Waals surface area contributed by atoms with Crippen molar-refractivity contribution in [1.29, 1.82) is 0 Å². The van der Waals surface area contributed by atoms with E-state index in [0.29, 0.717) is 0 Å². The number of hydrogen-bond acceptors (Lipinski definition) is 2. The maximum absolute atomic E-state index is 10.7. The van der Waals surface area contributed by atoms with Gasteiger partial charge in [0.25, 0.3) is 0 Å². The van der Waals surface area contributed by atoms with E-state index in [0.717, 1.165) is 23.0 Å². The van der Waals surface area contributed by atoms with E-state index in [1.165, 1.54) is 103 Å². The van der Waals surface area contributed by atoms with Gasteiger partial charge in [0.2, 0.25) is 0 Å². The molecule has 0 fully saturated rings. The Hall–Kier alpha value is -5.18. The van der Waals surface area contributed by atoms with Crippen LogP contribution >= 0.6 is 23.4 Å². The van der Waals surface area contributed by atoms with E-state index in [4.69, 9.17) is 9.47 Å². The zero-order chi connectivity index (χ0) is 65.3. The number of aryl methyl sites for hydroxylation is 12. The summed E-state index contributed by atoms with van der Waals surface area (Å²) in [7, 11) is -32.5. The van der Waals surface area contributed by atoms with Gasteiger partial charge in [-0.05, 0) is 180 Å². The third-order valence-electron chi connectivity index (χ3n) is 11.7. The van der Waals surface area contributed by atoms with E-state index in [-0.39, 0.29) is 43.0 Å². The molecule has 0 aromatic heterocycles. The van der Waals surface area contributed by atoms with Crippen molar-refractivity contribution in [2.24, 2.45) is 0 Å². The second-order valence-electron chi connectivity index (χ2n) is 20.5. The predicted octanol–water partition coefficient (Wildman–Crippen LogP) is 23.4. The fraction of sp³-hybridized carbons (Fsp3) is 0.200. The molecule has 0 radical (unpaired) electrons. The van der Waals surface area contributed by atoms with E-state index >= 15 is 0 Å². The Balaban J connectivity index is 0.000000548. The molecule has 0 unspecified atom stereocenters. The second kappa shape index (κ2) is 23.6. The van der Waals surface area contributed by atoms with Crippen molar-refractivity contribution in [3.8, 4) is 23.0 Å². The van der Waals surface area contributed by atoms with Crippen molar-refractivity contribution in [3.63, 3.8) is 0 Å². The van der Waals surface area contributed by atoms with Crippen LogP contribution in [-0.2, 0) is 21.8 Å². The van der Waals surface area contributed by atoms with Gasteiger partial charge < -0.3 is 9.47 Å². The first-order valence-electron chi connectivity index (χ1n) is 25.4. The van der Waals surface area contributed by atoms with Crippen LogP contribution in [0.25, 0.3) is 0 Å². The summed E-state index contributed by atoms with van der Waals surface area (Å²) >= 11 is -0.373. The summed E-state index contributed by atoms with van der Waals surface area (Å²) in [5, 5.41) is 0. The van der Waals surface area contributed by atoms with Crippen molar-refractivity contribution >= 4 is 45.2 Å². The molecule has 0 spiro atoms. The molecule has 0 heterocycles. The number of benzene rings is 8. The standard InChI is InChI=1S/C60H60IO2S2.3F6P/c1-37-29-41(5)57(42(6)30-37)64(58-43(7)31-38(2)32-44(58)8)55-25-21-53(22-26-55)62-51-17-13-49(14-18-51)61-50-15-19-52(20-16-50)63-54-23-27-56(28-24-54)65(59-45(9)33-39(3)34-46(59)10)60-47(11)35-40(4)36-48(60)12;3*1-7(2,3,4,5)6/h13-36H,1-12H3;;;/q+3;3*-1. The first-order chi connectivity index (χ1) is 38.5. The van der Waals surface area contributed by atoms with Gasteiger partial charge >= 0.3 is 120 Å². The van der Waals surface area contributed by atoms with Crippen LogP contribution in [-0.4, -0.2) is 0 Å². The molecule has 86 heavy (non-hydrogen) atoms. The van der Waals surface area contributed by atoms with Crippen molar-refractivity contribution in [3.05, 3.63) is 219 Å². The summed E-state index contributed by atoms with van der Waals surface area (Å²) in [5.74, 6) is 3.37. The second-order valence-corrected chi connectivity index (χ2v) is 33.1. The molecule has 8 aromatic rings. The monoisotopic (exact) mass is 1440 g/mol. The summed E-state index contributed by atoms with van der Waals surface area (Å²) in [4.78, 5) is 8.28. The van der Waals surface area contributed by atoms with Crippen LogP contribution in [0, 0.1) is 90.2 Å². The average Bonchev–Trinajstić information content (AvgIpc) is 0.894. The zero-order valence-corrected chi connectivity index (χ0v) is 54.5. The average molecular weight is 1440 g/mol. The molecule has 0 N–H and O–H groups in total. The summed E-state index contributed by atoms with van der Waals surface area (Å²) < 4.78 is 193. The van der Waals surface area contributed by atoms with Gasteiger partial charge in [-0.25, -0.2) is 0 Å². The molecule has 0 saturated heterocycles. The van der Waals surface area contributed by atoms with Crippen molar-refractivity contribution in [1.82, 2.24) is 0 Å². The maximum atomic E-state index is 9.87. The van der Waals surface area contributed by atoms with Crippen LogP contribution in [0.1, 0.15) is 66.8 Å². The molecule has 0 aliphatic carbocycles. The summed E-state index contributed by atoms with van der Waals surface area (Å²) in [6, 6.07) is 53.4. The number of ether oxygens (including phenoxy) is 2. The van der Waals surface area contributed by atoms with Crippen molar-refractivity contribution in [2.45, 2.75) is 112 Å². The van der Waals surface area contributed by atoms with Gasteiger partial charge in [0.1, 0.15) is 44.8 Å². The summed E-state index contributed by atoms with van der Waals surface area (Å²) in [5.41, 5.74) is 16.0. The van der Waals surface area contributed by atoms with E-state index in [1.54, 1.807) is 0 Å². The SMILES string of the molecule is Cc1cc(C)c([S+](c2ccc(Oc3ccc([I+]c4ccc(Oc5ccc([S+](c6c(C)cc(C)cc6C)c6c(C)cc(C)cc6C)cc5)cc4)cc3)cc2)c2c(C)cc(C)cc2C)c(C)c1.F[P-](F)(F)(F)(F)F.F[P-](F)(F)(F)(F)F.F[P-](F)(F)(F)(F)F. The van der Waals surface area contributed by atoms with Crippen LogP contribution in [0.15, 0.2) is 175 Å². The fourth-order valence-corrected chi connectivity index (χ4v) is 16.8. The van der Waals surface area contributed by atoms with Gasteiger partial charge in [0.05, 0.1) is 0 Å². The van der Waals surface area contributed by atoms with E-state index in [9.17, 15) is 75.5 Å². The predicted molar refractivity (Wildman–Crippen MR) is 311 cm³/mol. The number of rotatable bonds is 12. The molecule has 8 aromatic carbocycles. The molecule has 472 valence electrons. The Morgan fingerprint density at radius 3 is 0.570 bits per heavy atom. The molecular weight excluding hydrogens is 1380 g/mol. The topological polar surface area (TPSA) is 18.5 Å². The molecule has 8 rings (SSSR count). The molecule has 0 amide bonds. The Kier molecular flexibility index (Phi) is 19.7. The van der Waals surface area contributed by atoms with Gasteiger partial charge in [0.15, 0.2) is 36.5 Å². The molecule has 0 aliphatic heterocycles. The summed E-state index contributed by atoms with van der Waals surface area (Å²) in [6.07, 6.45) is 0. The number of halogens is 19. The molecule has 0 atom stereocenters. The first-order valence-corrected chi connectivity index (χ1v) is 36.1. The third-order valence-corrected chi connectivity index (χ3v) is 20.1. The van der Waals surface area contributed by atoms with Crippen molar-refractivity contribution in [2.75, 3.05) is 0 Å². The van der Waals surface area contributed by atoms with E-state index in [1.807, 2.05) is 0 Å². The third kappa shape index (κ3) is 26.3. The summed E-state index contributed by atoms with van der Waals surface area (Å²) in [6.45, 7) is 26.9. The molecule has 0 saturated carbocycles. The van der Waals surface area contributed by atoms with Crippen LogP contribution < -0.4 is 30.7 Å². The van der Waals surface area contributed by atoms with Gasteiger partial charge in [-0.2, -0.15) is 0 Å². The van der Waals surface area contributed by atoms with Gasteiger partial charge in [-0.15, -0.1) is 0 Å². The molecule has 0 aliphatic rings. The Morgan fingerprint density at radius 2 is 0.407 bits per heavy atom. The molecule has 26 heteroatoms. The zero-order valence-electron chi connectivity index (χ0n) is 48.0. The Labute approximate surface area is 503 Å². The molecule has 2 nitrogen and oxygen atoms in total. The van der Waals surface area contributed by atoms with Crippen LogP contribution in [0.4, 0.5) is 75.5 Å². The number of hydrogen-bond donors (Lipinski definition) is 0. The minimum atomic E-state index is -10.7. The molecule has 0 bridgehead atoms. The fourth-order valence-electron chi connectivity index (χ4n) is 9.45. The van der Waals surface area contributed by atoms with E-state index in [2.05, 4.69) is 229 Å². The van der Waals surface area contributed by atoms with Crippen LogP contribution in [0.2, 0.25) is 0 Å². The quantitative estimate of drug-likeness (QED) is 0.0525. The van der Waals surface area contributed by atoms with Crippen LogP contribution in [0.5, 0.6) is 23.0 Å². The van der Waals surface area contributed by atoms with Crippen molar-refractivity contribution < 1.29 is 106 Å². The Morgan fingerprint density at radius 1 is 0.256 bits per heavy atom. The van der Waals surface area contributed by atoms with Gasteiger partial charge in [-0.3, -0.25) is 0 Å². The Bertz CT molecular complexity index is 3260. The normalized spacial score (nSPS) is 14.3.